The van der Waals surface area contributed by atoms with Crippen LogP contribution in [0.2, 0.25) is 0 Å². The Balaban J connectivity index is 1.77. The van der Waals surface area contributed by atoms with Gasteiger partial charge in [0.15, 0.2) is 5.11 Å². The van der Waals surface area contributed by atoms with Crippen LogP contribution in [0.5, 0.6) is 5.75 Å². The molecule has 0 saturated carbocycles. The SMILES string of the molecule is CCC(C)c1ccc(NC(=S)NC(=O)c2cc3ccccc3c(Br)c2OC)cc1. The number of halogens is 1. The maximum absolute atomic E-state index is 12.9. The topological polar surface area (TPSA) is 50.4 Å². The van der Waals surface area contributed by atoms with E-state index in [1.807, 2.05) is 36.4 Å². The van der Waals surface area contributed by atoms with Gasteiger partial charge in [0.2, 0.25) is 0 Å². The van der Waals surface area contributed by atoms with Gasteiger partial charge in [-0.3, -0.25) is 10.1 Å². The molecule has 0 aromatic heterocycles. The predicted molar refractivity (Wildman–Crippen MR) is 127 cm³/mol. The van der Waals surface area contributed by atoms with E-state index in [9.17, 15) is 4.79 Å². The van der Waals surface area contributed by atoms with Crippen molar-refractivity contribution < 1.29 is 9.53 Å². The number of hydrogen-bond acceptors (Lipinski definition) is 3. The Kier molecular flexibility index (Phi) is 6.87. The fourth-order valence-electron chi connectivity index (χ4n) is 3.12. The molecule has 6 heteroatoms. The summed E-state index contributed by atoms with van der Waals surface area (Å²) in [5.41, 5.74) is 2.52. The maximum Gasteiger partial charge on any atom is 0.261 e. The van der Waals surface area contributed by atoms with Crippen molar-refractivity contribution in [3.05, 3.63) is 70.2 Å². The molecule has 1 unspecified atom stereocenters. The monoisotopic (exact) mass is 470 g/mol. The zero-order valence-electron chi connectivity index (χ0n) is 16.6. The van der Waals surface area contributed by atoms with Crippen molar-refractivity contribution in [2.75, 3.05) is 12.4 Å². The van der Waals surface area contributed by atoms with E-state index in [2.05, 4.69) is 52.5 Å². The van der Waals surface area contributed by atoms with Crippen LogP contribution < -0.4 is 15.4 Å². The highest BCUT2D eigenvalue weighted by atomic mass is 79.9. The number of ether oxygens (including phenoxy) is 1. The number of anilines is 1. The Bertz CT molecular complexity index is 1050. The van der Waals surface area contributed by atoms with Gasteiger partial charge in [0.25, 0.3) is 5.91 Å². The van der Waals surface area contributed by atoms with Crippen LogP contribution >= 0.6 is 28.1 Å². The molecule has 3 aromatic carbocycles. The van der Waals surface area contributed by atoms with E-state index < -0.39 is 0 Å². The molecule has 2 N–H and O–H groups in total. The molecular formula is C23H23BrN2O2S. The summed E-state index contributed by atoms with van der Waals surface area (Å²) in [7, 11) is 1.54. The molecule has 0 bridgehead atoms. The number of nitrogens with one attached hydrogen (secondary N) is 2. The van der Waals surface area contributed by atoms with Crippen LogP contribution in [0.15, 0.2) is 59.1 Å². The van der Waals surface area contributed by atoms with Gasteiger partial charge in [-0.15, -0.1) is 0 Å². The molecule has 3 aromatic rings. The van der Waals surface area contributed by atoms with Crippen molar-refractivity contribution >= 4 is 55.6 Å². The molecule has 150 valence electrons. The summed E-state index contributed by atoms with van der Waals surface area (Å²) < 4.78 is 6.22. The first-order valence-corrected chi connectivity index (χ1v) is 10.6. The zero-order valence-corrected chi connectivity index (χ0v) is 19.0. The summed E-state index contributed by atoms with van der Waals surface area (Å²) in [5, 5.41) is 7.95. The van der Waals surface area contributed by atoms with Gasteiger partial charge < -0.3 is 10.1 Å². The zero-order chi connectivity index (χ0) is 21.0. The van der Waals surface area contributed by atoms with Gasteiger partial charge in [-0.05, 0) is 75.0 Å². The third-order valence-electron chi connectivity index (χ3n) is 4.97. The summed E-state index contributed by atoms with van der Waals surface area (Å²) >= 11 is 8.88. The molecule has 3 rings (SSSR count). The Morgan fingerprint density at radius 3 is 2.52 bits per heavy atom. The van der Waals surface area contributed by atoms with Crippen LogP contribution in [0.4, 0.5) is 5.69 Å². The summed E-state index contributed by atoms with van der Waals surface area (Å²) in [6.45, 7) is 4.36. The van der Waals surface area contributed by atoms with Gasteiger partial charge in [-0.25, -0.2) is 0 Å². The number of fused-ring (bicyclic) bond motifs is 1. The number of carbonyl (C=O) groups excluding carboxylic acids is 1. The van der Waals surface area contributed by atoms with Crippen LogP contribution in [0.1, 0.15) is 42.1 Å². The molecule has 1 amide bonds. The summed E-state index contributed by atoms with van der Waals surface area (Å²) in [6.07, 6.45) is 1.09. The summed E-state index contributed by atoms with van der Waals surface area (Å²) in [4.78, 5) is 12.9. The molecule has 0 heterocycles. The van der Waals surface area contributed by atoms with E-state index in [0.717, 1.165) is 27.4 Å². The third-order valence-corrected chi connectivity index (χ3v) is 5.96. The number of hydrogen-bond donors (Lipinski definition) is 2. The lowest BCUT2D eigenvalue weighted by Crippen LogP contribution is -2.34. The average Bonchev–Trinajstić information content (AvgIpc) is 2.73. The number of thiocarbonyl (C=S) groups is 1. The Morgan fingerprint density at radius 2 is 1.86 bits per heavy atom. The lowest BCUT2D eigenvalue weighted by Gasteiger charge is -2.15. The molecule has 0 fully saturated rings. The Labute approximate surface area is 184 Å². The van der Waals surface area contributed by atoms with Crippen molar-refractivity contribution in [2.45, 2.75) is 26.2 Å². The highest BCUT2D eigenvalue weighted by Gasteiger charge is 2.19. The minimum absolute atomic E-state index is 0.234. The van der Waals surface area contributed by atoms with Crippen molar-refractivity contribution in [3.63, 3.8) is 0 Å². The molecule has 1 atom stereocenters. The van der Waals surface area contributed by atoms with Crippen molar-refractivity contribution in [2.24, 2.45) is 0 Å². The second-order valence-electron chi connectivity index (χ2n) is 6.83. The van der Waals surface area contributed by atoms with Crippen LogP contribution in [-0.2, 0) is 0 Å². The van der Waals surface area contributed by atoms with Crippen molar-refractivity contribution in [1.82, 2.24) is 5.32 Å². The second-order valence-corrected chi connectivity index (χ2v) is 8.03. The van der Waals surface area contributed by atoms with E-state index in [1.54, 1.807) is 13.2 Å². The highest BCUT2D eigenvalue weighted by Crippen LogP contribution is 2.36. The van der Waals surface area contributed by atoms with E-state index in [1.165, 1.54) is 5.56 Å². The average molecular weight is 471 g/mol. The molecule has 0 aliphatic rings. The maximum atomic E-state index is 12.9. The van der Waals surface area contributed by atoms with Gasteiger partial charge in [0.1, 0.15) is 5.75 Å². The van der Waals surface area contributed by atoms with Crippen LogP contribution in [0, 0.1) is 0 Å². The van der Waals surface area contributed by atoms with E-state index in [-0.39, 0.29) is 11.0 Å². The minimum atomic E-state index is -0.331. The van der Waals surface area contributed by atoms with Crippen molar-refractivity contribution in [1.29, 1.82) is 0 Å². The third kappa shape index (κ3) is 4.77. The number of amides is 1. The Morgan fingerprint density at radius 1 is 1.17 bits per heavy atom. The quantitative estimate of drug-likeness (QED) is 0.432. The normalized spacial score (nSPS) is 11.7. The van der Waals surface area contributed by atoms with E-state index in [4.69, 9.17) is 17.0 Å². The number of benzene rings is 3. The fourth-order valence-corrected chi connectivity index (χ4v) is 4.06. The lowest BCUT2D eigenvalue weighted by molar-refractivity contribution is 0.0975. The minimum Gasteiger partial charge on any atom is -0.495 e. The van der Waals surface area contributed by atoms with Gasteiger partial charge in [-0.1, -0.05) is 50.2 Å². The van der Waals surface area contributed by atoms with Crippen LogP contribution in [-0.4, -0.2) is 18.1 Å². The molecule has 0 spiro atoms. The number of rotatable bonds is 5. The van der Waals surface area contributed by atoms with Crippen LogP contribution in [0.3, 0.4) is 0 Å². The molecular weight excluding hydrogens is 448 g/mol. The largest absolute Gasteiger partial charge is 0.495 e. The smallest absolute Gasteiger partial charge is 0.261 e. The van der Waals surface area contributed by atoms with Crippen LogP contribution in [0.25, 0.3) is 10.8 Å². The predicted octanol–water partition coefficient (Wildman–Crippen LogP) is 6.25. The summed E-state index contributed by atoms with van der Waals surface area (Å²) in [5.74, 6) is 0.651. The molecule has 29 heavy (non-hydrogen) atoms. The standard InChI is InChI=1S/C23H23BrN2O2S/c1-4-14(2)15-9-11-17(12-10-15)25-23(29)26-22(27)19-13-16-7-5-6-8-18(16)20(24)21(19)28-3/h5-14H,4H2,1-3H3,(H2,25,26,27,29). The van der Waals surface area contributed by atoms with Gasteiger partial charge >= 0.3 is 0 Å². The Hall–Kier alpha value is -2.44. The fraction of sp³-hybridized carbons (Fsp3) is 0.217. The molecule has 4 nitrogen and oxygen atoms in total. The molecule has 0 aliphatic carbocycles. The van der Waals surface area contributed by atoms with E-state index in [0.29, 0.717) is 17.2 Å². The van der Waals surface area contributed by atoms with E-state index >= 15 is 0 Å². The van der Waals surface area contributed by atoms with Gasteiger partial charge in [0, 0.05) is 5.69 Å². The van der Waals surface area contributed by atoms with Gasteiger partial charge in [0.05, 0.1) is 17.1 Å². The van der Waals surface area contributed by atoms with Crippen molar-refractivity contribution in [3.8, 4) is 5.75 Å². The molecule has 0 saturated heterocycles. The first-order chi connectivity index (χ1) is 13.9. The second kappa shape index (κ2) is 9.37. The number of methoxy groups -OCH3 is 1. The first-order valence-electron chi connectivity index (χ1n) is 9.42. The molecule has 0 aliphatic heterocycles. The first kappa shape index (κ1) is 21.3. The molecule has 0 radical (unpaired) electrons. The number of carbonyl (C=O) groups is 1. The summed E-state index contributed by atoms with van der Waals surface area (Å²) in [6, 6.07) is 17.7. The lowest BCUT2D eigenvalue weighted by atomic mass is 9.99. The highest BCUT2D eigenvalue weighted by molar-refractivity contribution is 9.10. The van der Waals surface area contributed by atoms with Gasteiger partial charge in [-0.2, -0.15) is 0 Å².